The summed E-state index contributed by atoms with van der Waals surface area (Å²) in [4.78, 5) is 4.41. The molecule has 0 unspecified atom stereocenters. The van der Waals surface area contributed by atoms with E-state index < -0.39 is 0 Å². The Kier molecular flexibility index (Phi) is 1.62. The number of aromatic nitrogens is 2. The molecular formula is C10H10BrN3. The van der Waals surface area contributed by atoms with Gasteiger partial charge in [0.1, 0.15) is 11.6 Å². The van der Waals surface area contributed by atoms with E-state index in [1.165, 1.54) is 12.8 Å². The Morgan fingerprint density at radius 3 is 3.00 bits per heavy atom. The summed E-state index contributed by atoms with van der Waals surface area (Å²) in [6.45, 7) is 0. The second kappa shape index (κ2) is 2.73. The van der Waals surface area contributed by atoms with Crippen LogP contribution in [0.4, 0.5) is 5.82 Å². The number of halogens is 1. The number of hydrogen-bond acceptors (Lipinski definition) is 2. The van der Waals surface area contributed by atoms with Crippen LogP contribution in [0.1, 0.15) is 24.6 Å². The van der Waals surface area contributed by atoms with E-state index >= 15 is 0 Å². The molecule has 0 saturated heterocycles. The minimum Gasteiger partial charge on any atom is -0.382 e. The number of nitrogens with zero attached hydrogens (tertiary/aromatic N) is 2. The van der Waals surface area contributed by atoms with Crippen LogP contribution in [0, 0.1) is 0 Å². The highest BCUT2D eigenvalue weighted by Gasteiger charge is 2.28. The van der Waals surface area contributed by atoms with Gasteiger partial charge in [0.2, 0.25) is 0 Å². The summed E-state index contributed by atoms with van der Waals surface area (Å²) in [6.07, 6.45) is 4.51. The van der Waals surface area contributed by atoms with Gasteiger partial charge in [-0.1, -0.05) is 15.9 Å². The fraction of sp³-hybridized carbons (Fsp3) is 0.300. The minimum atomic E-state index is 0.626. The lowest BCUT2D eigenvalue weighted by Gasteiger charge is -1.98. The summed E-state index contributed by atoms with van der Waals surface area (Å²) in [7, 11) is 0. The molecule has 2 aromatic rings. The molecular weight excluding hydrogens is 242 g/mol. The third-order valence-corrected chi connectivity index (χ3v) is 3.10. The van der Waals surface area contributed by atoms with Crippen molar-refractivity contribution >= 4 is 27.3 Å². The van der Waals surface area contributed by atoms with Gasteiger partial charge in [0.15, 0.2) is 0 Å². The second-order valence-electron chi connectivity index (χ2n) is 3.73. The van der Waals surface area contributed by atoms with Crippen molar-refractivity contribution in [2.75, 3.05) is 5.73 Å². The van der Waals surface area contributed by atoms with Crippen molar-refractivity contribution in [3.05, 3.63) is 28.6 Å². The number of anilines is 1. The number of nitrogens with two attached hydrogens (primary N) is 1. The third kappa shape index (κ3) is 1.14. The summed E-state index contributed by atoms with van der Waals surface area (Å²) < 4.78 is 3.14. The van der Waals surface area contributed by atoms with Gasteiger partial charge in [-0.3, -0.25) is 0 Å². The topological polar surface area (TPSA) is 43.3 Å². The Morgan fingerprint density at radius 2 is 2.29 bits per heavy atom. The monoisotopic (exact) mass is 251 g/mol. The van der Waals surface area contributed by atoms with Crippen molar-refractivity contribution < 1.29 is 0 Å². The Labute approximate surface area is 90.1 Å². The van der Waals surface area contributed by atoms with Gasteiger partial charge >= 0.3 is 0 Å². The first kappa shape index (κ1) is 8.29. The van der Waals surface area contributed by atoms with Crippen molar-refractivity contribution in [3.8, 4) is 0 Å². The Hall–Kier alpha value is -1.03. The zero-order valence-corrected chi connectivity index (χ0v) is 9.16. The molecule has 1 fully saturated rings. The maximum absolute atomic E-state index is 5.86. The summed E-state index contributed by atoms with van der Waals surface area (Å²) in [5.41, 5.74) is 6.86. The maximum atomic E-state index is 5.86. The molecule has 3 nitrogen and oxygen atoms in total. The molecule has 2 heterocycles. The van der Waals surface area contributed by atoms with Gasteiger partial charge in [-0.05, 0) is 25.0 Å². The Balaban J connectivity index is 2.32. The van der Waals surface area contributed by atoms with E-state index in [4.69, 9.17) is 5.73 Å². The highest BCUT2D eigenvalue weighted by Crippen LogP contribution is 2.40. The van der Waals surface area contributed by atoms with Crippen LogP contribution in [0.5, 0.6) is 0 Å². The number of imidazole rings is 1. The molecule has 0 aliphatic heterocycles. The van der Waals surface area contributed by atoms with Crippen LogP contribution >= 0.6 is 15.9 Å². The fourth-order valence-corrected chi connectivity index (χ4v) is 2.07. The predicted octanol–water partition coefficient (Wildman–Crippen LogP) is 2.56. The third-order valence-electron chi connectivity index (χ3n) is 2.60. The van der Waals surface area contributed by atoms with E-state index in [-0.39, 0.29) is 0 Å². The van der Waals surface area contributed by atoms with Crippen LogP contribution in [-0.2, 0) is 0 Å². The number of rotatable bonds is 1. The van der Waals surface area contributed by atoms with Crippen molar-refractivity contribution in [2.24, 2.45) is 0 Å². The van der Waals surface area contributed by atoms with Crippen LogP contribution in [0.15, 0.2) is 22.8 Å². The SMILES string of the molecule is Nc1nc(C2CC2)n2ccc(Br)cc12. The van der Waals surface area contributed by atoms with E-state index in [9.17, 15) is 0 Å². The van der Waals surface area contributed by atoms with Crippen molar-refractivity contribution in [1.29, 1.82) is 0 Å². The van der Waals surface area contributed by atoms with Crippen LogP contribution in [0.2, 0.25) is 0 Å². The van der Waals surface area contributed by atoms with Crippen molar-refractivity contribution in [1.82, 2.24) is 9.38 Å². The second-order valence-corrected chi connectivity index (χ2v) is 4.65. The van der Waals surface area contributed by atoms with Crippen LogP contribution < -0.4 is 5.73 Å². The first-order chi connectivity index (χ1) is 6.75. The summed E-state index contributed by atoms with van der Waals surface area (Å²) in [6, 6.07) is 4.02. The average Bonchev–Trinajstić information content (AvgIpc) is 2.94. The largest absolute Gasteiger partial charge is 0.382 e. The van der Waals surface area contributed by atoms with Gasteiger partial charge in [0.05, 0.1) is 5.52 Å². The lowest BCUT2D eigenvalue weighted by atomic mass is 10.4. The quantitative estimate of drug-likeness (QED) is 0.847. The summed E-state index contributed by atoms with van der Waals surface area (Å²) in [5.74, 6) is 2.37. The van der Waals surface area contributed by atoms with Crippen molar-refractivity contribution in [2.45, 2.75) is 18.8 Å². The van der Waals surface area contributed by atoms with Gasteiger partial charge in [0, 0.05) is 16.6 Å². The van der Waals surface area contributed by atoms with E-state index in [1.54, 1.807) is 0 Å². The zero-order chi connectivity index (χ0) is 9.71. The molecule has 0 spiro atoms. The molecule has 2 N–H and O–H groups in total. The minimum absolute atomic E-state index is 0.626. The molecule has 1 aliphatic carbocycles. The molecule has 0 bridgehead atoms. The Bertz CT molecular complexity index is 499. The standard InChI is InChI=1S/C10H10BrN3/c11-7-3-4-14-8(5-7)9(12)13-10(14)6-1-2-6/h3-6H,1-2,12H2. The Morgan fingerprint density at radius 1 is 1.50 bits per heavy atom. The molecule has 4 heteroatoms. The fourth-order valence-electron chi connectivity index (χ4n) is 1.74. The molecule has 14 heavy (non-hydrogen) atoms. The molecule has 0 amide bonds. The molecule has 1 aliphatic rings. The predicted molar refractivity (Wildman–Crippen MR) is 59.3 cm³/mol. The highest BCUT2D eigenvalue weighted by molar-refractivity contribution is 9.10. The highest BCUT2D eigenvalue weighted by atomic mass is 79.9. The molecule has 0 atom stereocenters. The smallest absolute Gasteiger partial charge is 0.149 e. The molecule has 1 saturated carbocycles. The number of fused-ring (bicyclic) bond motifs is 1. The molecule has 72 valence electrons. The van der Waals surface area contributed by atoms with Gasteiger partial charge in [0.25, 0.3) is 0 Å². The lowest BCUT2D eigenvalue weighted by molar-refractivity contribution is 0.921. The number of nitrogen functional groups attached to an aromatic ring is 1. The van der Waals surface area contributed by atoms with Gasteiger partial charge < -0.3 is 10.1 Å². The molecule has 3 rings (SSSR count). The summed E-state index contributed by atoms with van der Waals surface area (Å²) >= 11 is 3.43. The molecule has 0 aromatic carbocycles. The van der Waals surface area contributed by atoms with E-state index in [0.29, 0.717) is 11.7 Å². The van der Waals surface area contributed by atoms with E-state index in [0.717, 1.165) is 15.8 Å². The molecule has 2 aromatic heterocycles. The average molecular weight is 252 g/mol. The van der Waals surface area contributed by atoms with E-state index in [2.05, 4.69) is 25.3 Å². The summed E-state index contributed by atoms with van der Waals surface area (Å²) in [5, 5.41) is 0. The van der Waals surface area contributed by atoms with Gasteiger partial charge in [-0.15, -0.1) is 0 Å². The van der Waals surface area contributed by atoms with Crippen LogP contribution in [0.25, 0.3) is 5.52 Å². The van der Waals surface area contributed by atoms with E-state index in [1.807, 2.05) is 18.3 Å². The zero-order valence-electron chi connectivity index (χ0n) is 7.57. The normalized spacial score (nSPS) is 16.4. The first-order valence-corrected chi connectivity index (χ1v) is 5.48. The molecule has 0 radical (unpaired) electrons. The van der Waals surface area contributed by atoms with Gasteiger partial charge in [-0.25, -0.2) is 4.98 Å². The maximum Gasteiger partial charge on any atom is 0.149 e. The van der Waals surface area contributed by atoms with Crippen molar-refractivity contribution in [3.63, 3.8) is 0 Å². The lowest BCUT2D eigenvalue weighted by Crippen LogP contribution is -1.90. The van der Waals surface area contributed by atoms with Crippen LogP contribution in [0.3, 0.4) is 0 Å². The number of pyridine rings is 1. The number of hydrogen-bond donors (Lipinski definition) is 1. The van der Waals surface area contributed by atoms with Gasteiger partial charge in [-0.2, -0.15) is 0 Å². The first-order valence-electron chi connectivity index (χ1n) is 4.68. The van der Waals surface area contributed by atoms with Crippen LogP contribution in [-0.4, -0.2) is 9.38 Å².